The summed E-state index contributed by atoms with van der Waals surface area (Å²) in [7, 11) is 0. The van der Waals surface area contributed by atoms with Crippen LogP contribution in [-0.2, 0) is 4.79 Å². The molecule has 82 valence electrons. The molecule has 0 radical (unpaired) electrons. The minimum atomic E-state index is -0.671. The lowest BCUT2D eigenvalue weighted by Gasteiger charge is -2.37. The Hall–Kier alpha value is -0.570. The zero-order chi connectivity index (χ0) is 10.4. The Bertz CT molecular complexity index is 186. The second kappa shape index (κ2) is 5.35. The highest BCUT2D eigenvalue weighted by atomic mass is 16.4. The molecule has 14 heavy (non-hydrogen) atoms. The maximum Gasteiger partial charge on any atom is 0.305 e. The molecule has 0 bridgehead atoms. The Labute approximate surface area is 85.9 Å². The molecule has 2 N–H and O–H groups in total. The Kier molecular flexibility index (Phi) is 4.39. The standard InChI is InChI=1S/C11H21NO2/c1-2-8-12-11(9-10(13)14)6-4-3-5-7-11/h12H,2-9H2,1H3,(H,13,14). The van der Waals surface area contributed by atoms with E-state index in [2.05, 4.69) is 12.2 Å². The van der Waals surface area contributed by atoms with Crippen molar-refractivity contribution in [1.29, 1.82) is 0 Å². The fourth-order valence-corrected chi connectivity index (χ4v) is 2.32. The molecule has 0 aromatic heterocycles. The maximum absolute atomic E-state index is 10.8. The van der Waals surface area contributed by atoms with Gasteiger partial charge in [-0.05, 0) is 25.8 Å². The first-order valence-electron chi connectivity index (χ1n) is 5.65. The van der Waals surface area contributed by atoms with Crippen LogP contribution >= 0.6 is 0 Å². The van der Waals surface area contributed by atoms with Gasteiger partial charge in [-0.2, -0.15) is 0 Å². The van der Waals surface area contributed by atoms with Crippen LogP contribution in [0.25, 0.3) is 0 Å². The lowest BCUT2D eigenvalue weighted by atomic mass is 9.79. The predicted molar refractivity (Wildman–Crippen MR) is 56.4 cm³/mol. The van der Waals surface area contributed by atoms with Crippen LogP contribution in [0.15, 0.2) is 0 Å². The van der Waals surface area contributed by atoms with Gasteiger partial charge < -0.3 is 10.4 Å². The van der Waals surface area contributed by atoms with E-state index in [1.165, 1.54) is 19.3 Å². The van der Waals surface area contributed by atoms with E-state index in [0.29, 0.717) is 0 Å². The molecule has 0 unspecified atom stereocenters. The molecule has 0 spiro atoms. The highest BCUT2D eigenvalue weighted by molar-refractivity contribution is 5.68. The number of hydrogen-bond donors (Lipinski definition) is 2. The van der Waals surface area contributed by atoms with Crippen LogP contribution in [-0.4, -0.2) is 23.2 Å². The zero-order valence-corrected chi connectivity index (χ0v) is 9.01. The molecule has 1 rings (SSSR count). The summed E-state index contributed by atoms with van der Waals surface area (Å²) in [6, 6.07) is 0. The number of hydrogen-bond acceptors (Lipinski definition) is 2. The van der Waals surface area contributed by atoms with E-state index >= 15 is 0 Å². The summed E-state index contributed by atoms with van der Waals surface area (Å²) in [5.41, 5.74) is -0.0971. The maximum atomic E-state index is 10.8. The Morgan fingerprint density at radius 1 is 1.36 bits per heavy atom. The average molecular weight is 199 g/mol. The van der Waals surface area contributed by atoms with Crippen molar-refractivity contribution in [3.63, 3.8) is 0 Å². The third-order valence-corrected chi connectivity index (χ3v) is 3.05. The first-order chi connectivity index (χ1) is 6.68. The summed E-state index contributed by atoms with van der Waals surface area (Å²) in [6.07, 6.45) is 7.01. The van der Waals surface area contributed by atoms with Crippen molar-refractivity contribution in [3.8, 4) is 0 Å². The lowest BCUT2D eigenvalue weighted by molar-refractivity contribution is -0.139. The molecular weight excluding hydrogens is 178 g/mol. The van der Waals surface area contributed by atoms with E-state index < -0.39 is 5.97 Å². The SMILES string of the molecule is CCCNC1(CC(=O)O)CCCCC1. The van der Waals surface area contributed by atoms with Crippen molar-refractivity contribution >= 4 is 5.97 Å². The van der Waals surface area contributed by atoms with Gasteiger partial charge in [0.2, 0.25) is 0 Å². The van der Waals surface area contributed by atoms with E-state index in [4.69, 9.17) is 5.11 Å². The van der Waals surface area contributed by atoms with Crippen molar-refractivity contribution in [2.75, 3.05) is 6.54 Å². The Balaban J connectivity index is 2.52. The van der Waals surface area contributed by atoms with E-state index in [0.717, 1.165) is 25.8 Å². The van der Waals surface area contributed by atoms with Crippen molar-refractivity contribution in [1.82, 2.24) is 5.32 Å². The highest BCUT2D eigenvalue weighted by Gasteiger charge is 2.33. The minimum Gasteiger partial charge on any atom is -0.481 e. The van der Waals surface area contributed by atoms with Crippen LogP contribution < -0.4 is 5.32 Å². The smallest absolute Gasteiger partial charge is 0.305 e. The second-order valence-electron chi connectivity index (χ2n) is 4.34. The van der Waals surface area contributed by atoms with E-state index in [9.17, 15) is 4.79 Å². The molecule has 0 aliphatic heterocycles. The molecule has 1 saturated carbocycles. The summed E-state index contributed by atoms with van der Waals surface area (Å²) in [4.78, 5) is 10.8. The van der Waals surface area contributed by atoms with E-state index in [1.807, 2.05) is 0 Å². The molecule has 1 aliphatic rings. The van der Waals surface area contributed by atoms with E-state index in [1.54, 1.807) is 0 Å². The Morgan fingerprint density at radius 3 is 2.50 bits per heavy atom. The van der Waals surface area contributed by atoms with Crippen molar-refractivity contribution < 1.29 is 9.90 Å². The van der Waals surface area contributed by atoms with Gasteiger partial charge in [0.15, 0.2) is 0 Å². The van der Waals surface area contributed by atoms with Gasteiger partial charge in [-0.3, -0.25) is 4.79 Å². The number of carboxylic acids is 1. The molecule has 3 nitrogen and oxygen atoms in total. The summed E-state index contributed by atoms with van der Waals surface area (Å²) >= 11 is 0. The van der Waals surface area contributed by atoms with Gasteiger partial charge >= 0.3 is 5.97 Å². The fraction of sp³-hybridized carbons (Fsp3) is 0.909. The van der Waals surface area contributed by atoms with Crippen molar-refractivity contribution in [2.24, 2.45) is 0 Å². The predicted octanol–water partition coefficient (Wildman–Crippen LogP) is 2.16. The first kappa shape index (κ1) is 11.5. The van der Waals surface area contributed by atoms with Crippen LogP contribution in [0.3, 0.4) is 0 Å². The zero-order valence-electron chi connectivity index (χ0n) is 9.01. The molecule has 0 aromatic carbocycles. The first-order valence-corrected chi connectivity index (χ1v) is 5.65. The quantitative estimate of drug-likeness (QED) is 0.713. The van der Waals surface area contributed by atoms with Crippen LogP contribution in [0.4, 0.5) is 0 Å². The number of aliphatic carboxylic acids is 1. The number of rotatable bonds is 5. The fourth-order valence-electron chi connectivity index (χ4n) is 2.32. The van der Waals surface area contributed by atoms with Gasteiger partial charge in [-0.25, -0.2) is 0 Å². The molecule has 0 aromatic rings. The third-order valence-electron chi connectivity index (χ3n) is 3.05. The molecule has 0 heterocycles. The molecule has 1 fully saturated rings. The van der Waals surface area contributed by atoms with Gasteiger partial charge in [-0.1, -0.05) is 26.2 Å². The normalized spacial score (nSPS) is 20.6. The van der Waals surface area contributed by atoms with Crippen LogP contribution in [0.1, 0.15) is 51.9 Å². The largest absolute Gasteiger partial charge is 0.481 e. The van der Waals surface area contributed by atoms with Gasteiger partial charge in [-0.15, -0.1) is 0 Å². The number of carbonyl (C=O) groups is 1. The topological polar surface area (TPSA) is 49.3 Å². The summed E-state index contributed by atoms with van der Waals surface area (Å²) < 4.78 is 0. The summed E-state index contributed by atoms with van der Waals surface area (Å²) in [5, 5.41) is 12.3. The number of nitrogens with one attached hydrogen (secondary N) is 1. The van der Waals surface area contributed by atoms with Crippen molar-refractivity contribution in [3.05, 3.63) is 0 Å². The van der Waals surface area contributed by atoms with Gasteiger partial charge in [0.1, 0.15) is 0 Å². The van der Waals surface area contributed by atoms with Crippen molar-refractivity contribution in [2.45, 2.75) is 57.4 Å². The molecule has 0 amide bonds. The minimum absolute atomic E-state index is 0.0971. The van der Waals surface area contributed by atoms with Gasteiger partial charge in [0, 0.05) is 5.54 Å². The molecule has 0 saturated heterocycles. The Morgan fingerprint density at radius 2 is 2.00 bits per heavy atom. The second-order valence-corrected chi connectivity index (χ2v) is 4.34. The highest BCUT2D eigenvalue weighted by Crippen LogP contribution is 2.30. The number of carboxylic acid groups (broad SMARTS) is 1. The van der Waals surface area contributed by atoms with Gasteiger partial charge in [0.25, 0.3) is 0 Å². The van der Waals surface area contributed by atoms with Gasteiger partial charge in [0.05, 0.1) is 6.42 Å². The van der Waals surface area contributed by atoms with Crippen LogP contribution in [0, 0.1) is 0 Å². The lowest BCUT2D eigenvalue weighted by Crippen LogP contribution is -2.48. The van der Waals surface area contributed by atoms with Crippen LogP contribution in [0.2, 0.25) is 0 Å². The molecular formula is C11H21NO2. The van der Waals surface area contributed by atoms with Crippen LogP contribution in [0.5, 0.6) is 0 Å². The average Bonchev–Trinajstić information content (AvgIpc) is 2.15. The molecule has 3 heteroatoms. The molecule has 1 aliphatic carbocycles. The summed E-state index contributed by atoms with van der Waals surface area (Å²) in [6.45, 7) is 3.05. The third kappa shape index (κ3) is 3.29. The summed E-state index contributed by atoms with van der Waals surface area (Å²) in [5.74, 6) is -0.671. The van der Waals surface area contributed by atoms with E-state index in [-0.39, 0.29) is 12.0 Å². The molecule has 0 atom stereocenters. The monoisotopic (exact) mass is 199 g/mol.